The lowest BCUT2D eigenvalue weighted by atomic mass is 10.3. The van der Waals surface area contributed by atoms with Crippen molar-refractivity contribution < 1.29 is 9.53 Å². The van der Waals surface area contributed by atoms with Crippen molar-refractivity contribution in [3.05, 3.63) is 45.6 Å². The van der Waals surface area contributed by atoms with Crippen LogP contribution < -0.4 is 10.3 Å². The van der Waals surface area contributed by atoms with Crippen LogP contribution in [0.1, 0.15) is 28.3 Å². The highest BCUT2D eigenvalue weighted by Crippen LogP contribution is 2.17. The molecule has 0 aromatic carbocycles. The average molecular weight is 315 g/mol. The van der Waals surface area contributed by atoms with Crippen LogP contribution in [0.4, 0.5) is 0 Å². The molecule has 2 aromatic rings. The highest BCUT2D eigenvalue weighted by Gasteiger charge is 2.29. The topological polar surface area (TPSA) is 101 Å². The summed E-state index contributed by atoms with van der Waals surface area (Å²) in [4.78, 5) is 33.5. The first-order valence-corrected chi connectivity index (χ1v) is 7.35. The predicted molar refractivity (Wildman–Crippen MR) is 81.3 cm³/mol. The third kappa shape index (κ3) is 3.53. The molecule has 1 amide bonds. The average Bonchev–Trinajstić information content (AvgIpc) is 2.94. The lowest BCUT2D eigenvalue weighted by molar-refractivity contribution is 0.0762. The lowest BCUT2D eigenvalue weighted by Crippen LogP contribution is -2.32. The van der Waals surface area contributed by atoms with Crippen LogP contribution in [0.5, 0.6) is 6.01 Å². The summed E-state index contributed by atoms with van der Waals surface area (Å²) in [5.74, 6) is -0.228. The molecule has 3 rings (SSSR count). The Hall–Kier alpha value is -2.77. The van der Waals surface area contributed by atoms with Gasteiger partial charge >= 0.3 is 6.01 Å². The van der Waals surface area contributed by atoms with Crippen molar-refractivity contribution in [2.24, 2.45) is 0 Å². The van der Waals surface area contributed by atoms with Crippen LogP contribution in [-0.4, -0.2) is 50.2 Å². The van der Waals surface area contributed by atoms with Gasteiger partial charge in [-0.15, -0.1) is 0 Å². The molecule has 2 aromatic heterocycles. The molecule has 1 fully saturated rings. The Morgan fingerprint density at radius 3 is 2.70 bits per heavy atom. The maximum absolute atomic E-state index is 12.3. The fourth-order valence-electron chi connectivity index (χ4n) is 2.53. The largest absolute Gasteiger partial charge is 0.458 e. The number of rotatable bonds is 3. The molecule has 0 bridgehead atoms. The Bertz CT molecular complexity index is 748. The smallest absolute Gasteiger partial charge is 0.317 e. The Morgan fingerprint density at radius 2 is 2.04 bits per heavy atom. The van der Waals surface area contributed by atoms with E-state index in [1.54, 1.807) is 4.90 Å². The van der Waals surface area contributed by atoms with Crippen LogP contribution >= 0.6 is 0 Å². The second kappa shape index (κ2) is 6.15. The molecule has 1 aliphatic rings. The molecular formula is C15H17N5O3. The van der Waals surface area contributed by atoms with Gasteiger partial charge in [-0.2, -0.15) is 5.10 Å². The van der Waals surface area contributed by atoms with E-state index in [4.69, 9.17) is 4.74 Å². The summed E-state index contributed by atoms with van der Waals surface area (Å²) in [6, 6.07) is 4.92. The van der Waals surface area contributed by atoms with Gasteiger partial charge in [0.15, 0.2) is 0 Å². The van der Waals surface area contributed by atoms with E-state index < -0.39 is 0 Å². The highest BCUT2D eigenvalue weighted by atomic mass is 16.5. The number of carbonyl (C=O) groups is 1. The number of H-pyrrole nitrogens is 1. The van der Waals surface area contributed by atoms with Crippen molar-refractivity contribution in [3.63, 3.8) is 0 Å². The lowest BCUT2D eigenvalue weighted by Gasteiger charge is -2.16. The molecule has 8 nitrogen and oxygen atoms in total. The predicted octanol–water partition coefficient (Wildman–Crippen LogP) is 0.470. The summed E-state index contributed by atoms with van der Waals surface area (Å²) >= 11 is 0. The minimum atomic E-state index is -0.337. The van der Waals surface area contributed by atoms with E-state index >= 15 is 0 Å². The molecule has 1 atom stereocenters. The van der Waals surface area contributed by atoms with E-state index in [1.807, 2.05) is 19.9 Å². The molecule has 1 saturated heterocycles. The van der Waals surface area contributed by atoms with Crippen LogP contribution in [0.3, 0.4) is 0 Å². The summed E-state index contributed by atoms with van der Waals surface area (Å²) in [6.07, 6.45) is 0.550. The minimum absolute atomic E-state index is 0.150. The van der Waals surface area contributed by atoms with Gasteiger partial charge < -0.3 is 9.64 Å². The molecule has 23 heavy (non-hydrogen) atoms. The van der Waals surface area contributed by atoms with Gasteiger partial charge in [-0.1, -0.05) is 0 Å². The van der Waals surface area contributed by atoms with Gasteiger partial charge in [0, 0.05) is 30.4 Å². The molecule has 0 spiro atoms. The standard InChI is InChI=1S/C15H17N5O3/c1-9-7-10(2)17-15(16-9)23-11-5-6-20(8-11)14(22)12-3-4-13(21)19-18-12/h3-4,7,11H,5-6,8H2,1-2H3,(H,19,21)/t11-/m1/s1. The van der Waals surface area contributed by atoms with Gasteiger partial charge in [0.1, 0.15) is 11.8 Å². The number of aryl methyl sites for hydroxylation is 2. The number of ether oxygens (including phenoxy) is 1. The number of amides is 1. The molecule has 8 heteroatoms. The summed E-state index contributed by atoms with van der Waals surface area (Å²) in [7, 11) is 0. The number of aromatic nitrogens is 4. The van der Waals surface area contributed by atoms with Crippen molar-refractivity contribution in [2.45, 2.75) is 26.4 Å². The number of carbonyl (C=O) groups excluding carboxylic acids is 1. The van der Waals surface area contributed by atoms with Crippen molar-refractivity contribution in [2.75, 3.05) is 13.1 Å². The summed E-state index contributed by atoms with van der Waals surface area (Å²) in [5, 5.41) is 6.02. The number of aromatic amines is 1. The second-order valence-corrected chi connectivity index (χ2v) is 5.52. The first kappa shape index (κ1) is 15.1. The van der Waals surface area contributed by atoms with E-state index in [0.717, 1.165) is 11.4 Å². The Labute approximate surface area is 132 Å². The van der Waals surface area contributed by atoms with Crippen molar-refractivity contribution in [1.82, 2.24) is 25.1 Å². The van der Waals surface area contributed by atoms with E-state index in [-0.39, 0.29) is 23.3 Å². The fraction of sp³-hybridized carbons (Fsp3) is 0.400. The van der Waals surface area contributed by atoms with Crippen LogP contribution in [0, 0.1) is 13.8 Å². The first-order valence-electron chi connectivity index (χ1n) is 7.35. The normalized spacial score (nSPS) is 17.3. The number of hydrogen-bond acceptors (Lipinski definition) is 6. The van der Waals surface area contributed by atoms with Gasteiger partial charge in [-0.25, -0.2) is 15.1 Å². The van der Waals surface area contributed by atoms with Gasteiger partial charge in [0.25, 0.3) is 11.5 Å². The first-order chi connectivity index (χ1) is 11.0. The van der Waals surface area contributed by atoms with Gasteiger partial charge in [-0.3, -0.25) is 9.59 Å². The number of likely N-dealkylation sites (tertiary alicyclic amines) is 1. The second-order valence-electron chi connectivity index (χ2n) is 5.52. The van der Waals surface area contributed by atoms with Crippen molar-refractivity contribution in [1.29, 1.82) is 0 Å². The molecule has 1 aliphatic heterocycles. The SMILES string of the molecule is Cc1cc(C)nc(O[C@@H]2CCN(C(=O)c3ccc(=O)[nH]n3)C2)n1. The van der Waals surface area contributed by atoms with E-state index in [0.29, 0.717) is 25.5 Å². The number of nitrogens with one attached hydrogen (secondary N) is 1. The maximum atomic E-state index is 12.3. The Morgan fingerprint density at radius 1 is 1.30 bits per heavy atom. The quantitative estimate of drug-likeness (QED) is 0.883. The molecule has 0 radical (unpaired) electrons. The number of hydrogen-bond donors (Lipinski definition) is 1. The zero-order valence-electron chi connectivity index (χ0n) is 12.9. The molecule has 0 aliphatic carbocycles. The zero-order valence-corrected chi connectivity index (χ0v) is 12.9. The summed E-state index contributed by atoms with van der Waals surface area (Å²) < 4.78 is 5.78. The Balaban J connectivity index is 1.65. The van der Waals surface area contributed by atoms with Crippen LogP contribution in [0.15, 0.2) is 23.0 Å². The Kier molecular flexibility index (Phi) is 4.05. The van der Waals surface area contributed by atoms with E-state index in [2.05, 4.69) is 20.2 Å². The van der Waals surface area contributed by atoms with Gasteiger partial charge in [0.05, 0.1) is 6.54 Å². The third-order valence-electron chi connectivity index (χ3n) is 3.56. The van der Waals surface area contributed by atoms with Crippen LogP contribution in [0.2, 0.25) is 0 Å². The van der Waals surface area contributed by atoms with E-state index in [1.165, 1.54) is 12.1 Å². The molecule has 120 valence electrons. The van der Waals surface area contributed by atoms with E-state index in [9.17, 15) is 9.59 Å². The van der Waals surface area contributed by atoms with Crippen molar-refractivity contribution >= 4 is 5.91 Å². The molecular weight excluding hydrogens is 298 g/mol. The van der Waals surface area contributed by atoms with Crippen LogP contribution in [0.25, 0.3) is 0 Å². The molecule has 1 N–H and O–H groups in total. The minimum Gasteiger partial charge on any atom is -0.458 e. The maximum Gasteiger partial charge on any atom is 0.317 e. The molecule has 3 heterocycles. The summed E-state index contributed by atoms with van der Waals surface area (Å²) in [5.41, 5.74) is 1.57. The monoisotopic (exact) mass is 315 g/mol. The summed E-state index contributed by atoms with van der Waals surface area (Å²) in [6.45, 7) is 4.77. The van der Waals surface area contributed by atoms with Gasteiger partial charge in [-0.05, 0) is 26.0 Å². The number of nitrogens with zero attached hydrogens (tertiary/aromatic N) is 4. The van der Waals surface area contributed by atoms with Gasteiger partial charge in [0.2, 0.25) is 0 Å². The molecule has 0 saturated carbocycles. The van der Waals surface area contributed by atoms with Crippen LogP contribution in [-0.2, 0) is 0 Å². The third-order valence-corrected chi connectivity index (χ3v) is 3.56. The highest BCUT2D eigenvalue weighted by molar-refractivity contribution is 5.92. The zero-order chi connectivity index (χ0) is 16.4. The fourth-order valence-corrected chi connectivity index (χ4v) is 2.53. The molecule has 0 unspecified atom stereocenters. The van der Waals surface area contributed by atoms with Crippen molar-refractivity contribution in [3.8, 4) is 6.01 Å².